The third kappa shape index (κ3) is 5.64. The van der Waals surface area contributed by atoms with Crippen molar-refractivity contribution < 1.29 is 13.2 Å². The molecule has 0 fully saturated rings. The number of amides is 1. The summed E-state index contributed by atoms with van der Waals surface area (Å²) in [5, 5.41) is 10.7. The number of carbonyl (C=O) groups is 1. The third-order valence-electron chi connectivity index (χ3n) is 5.03. The minimum Gasteiger partial charge on any atom is -0.397 e. The van der Waals surface area contributed by atoms with Gasteiger partial charge < -0.3 is 11.1 Å². The molecule has 1 aromatic heterocycles. The van der Waals surface area contributed by atoms with Crippen LogP contribution < -0.4 is 11.1 Å². The largest absolute Gasteiger partial charge is 0.397 e. The molecule has 0 radical (unpaired) electrons. The molecule has 0 bridgehead atoms. The Morgan fingerprint density at radius 3 is 2.36 bits per heavy atom. The summed E-state index contributed by atoms with van der Waals surface area (Å²) in [6, 6.07) is 23.5. The number of hydrogen-bond donors (Lipinski definition) is 2. The summed E-state index contributed by atoms with van der Waals surface area (Å²) >= 11 is 0. The SMILES string of the molecule is Nc1ccc(-c2ccccc2)cc1NC(=O)CCc1cn(CS(=O)(=O)c2ccccc2)nn1. The second-order valence-corrected chi connectivity index (χ2v) is 9.48. The molecule has 0 saturated carbocycles. The number of carbonyl (C=O) groups excluding carboxylic acids is 1. The van der Waals surface area contributed by atoms with E-state index in [1.54, 1.807) is 24.3 Å². The van der Waals surface area contributed by atoms with E-state index in [4.69, 9.17) is 5.73 Å². The minimum absolute atomic E-state index is 0.152. The van der Waals surface area contributed by atoms with Crippen molar-refractivity contribution in [2.24, 2.45) is 0 Å². The fourth-order valence-electron chi connectivity index (χ4n) is 3.32. The highest BCUT2D eigenvalue weighted by Gasteiger charge is 2.16. The molecular formula is C24H23N5O3S. The number of hydrogen-bond acceptors (Lipinski definition) is 6. The van der Waals surface area contributed by atoms with Gasteiger partial charge in [0.25, 0.3) is 0 Å². The molecule has 0 aliphatic carbocycles. The van der Waals surface area contributed by atoms with Gasteiger partial charge in [-0.05, 0) is 35.4 Å². The number of benzene rings is 3. The average Bonchev–Trinajstić information content (AvgIpc) is 3.27. The van der Waals surface area contributed by atoms with E-state index in [-0.39, 0.29) is 23.1 Å². The van der Waals surface area contributed by atoms with E-state index in [9.17, 15) is 13.2 Å². The maximum absolute atomic E-state index is 12.5. The predicted molar refractivity (Wildman–Crippen MR) is 127 cm³/mol. The molecule has 1 amide bonds. The van der Waals surface area contributed by atoms with Crippen LogP contribution in [0.1, 0.15) is 12.1 Å². The van der Waals surface area contributed by atoms with E-state index in [1.807, 2.05) is 42.5 Å². The Bertz CT molecular complexity index is 1350. The molecule has 33 heavy (non-hydrogen) atoms. The Hall–Kier alpha value is -3.98. The second-order valence-electron chi connectivity index (χ2n) is 7.52. The van der Waals surface area contributed by atoms with Crippen LogP contribution >= 0.6 is 0 Å². The first-order valence-corrected chi connectivity index (χ1v) is 12.0. The zero-order chi connectivity index (χ0) is 23.3. The summed E-state index contributed by atoms with van der Waals surface area (Å²) in [6.07, 6.45) is 2.01. The monoisotopic (exact) mass is 461 g/mol. The number of nitrogens with two attached hydrogens (primary N) is 1. The highest BCUT2D eigenvalue weighted by molar-refractivity contribution is 7.90. The van der Waals surface area contributed by atoms with Crippen molar-refractivity contribution in [3.05, 3.63) is 90.8 Å². The van der Waals surface area contributed by atoms with Gasteiger partial charge in [-0.25, -0.2) is 13.1 Å². The van der Waals surface area contributed by atoms with Gasteiger partial charge in [0.15, 0.2) is 9.84 Å². The molecular weight excluding hydrogens is 438 g/mol. The molecule has 3 aromatic carbocycles. The first-order chi connectivity index (χ1) is 15.9. The molecule has 4 aromatic rings. The number of aromatic nitrogens is 3. The normalized spacial score (nSPS) is 11.3. The Morgan fingerprint density at radius 1 is 0.939 bits per heavy atom. The van der Waals surface area contributed by atoms with Crippen LogP contribution in [0.2, 0.25) is 0 Å². The van der Waals surface area contributed by atoms with E-state index in [0.717, 1.165) is 11.1 Å². The van der Waals surface area contributed by atoms with Crippen molar-refractivity contribution in [3.8, 4) is 11.1 Å². The van der Waals surface area contributed by atoms with Crippen LogP contribution in [-0.2, 0) is 26.9 Å². The summed E-state index contributed by atoms with van der Waals surface area (Å²) in [4.78, 5) is 12.7. The van der Waals surface area contributed by atoms with Crippen molar-refractivity contribution in [2.75, 3.05) is 11.1 Å². The summed E-state index contributed by atoms with van der Waals surface area (Å²) < 4.78 is 26.2. The molecule has 1 heterocycles. The van der Waals surface area contributed by atoms with Crippen molar-refractivity contribution in [1.29, 1.82) is 0 Å². The van der Waals surface area contributed by atoms with Crippen molar-refractivity contribution in [3.63, 3.8) is 0 Å². The molecule has 0 aliphatic rings. The molecule has 168 valence electrons. The molecule has 8 nitrogen and oxygen atoms in total. The van der Waals surface area contributed by atoms with Gasteiger partial charge in [-0.15, -0.1) is 5.10 Å². The van der Waals surface area contributed by atoms with Crippen LogP contribution in [0.3, 0.4) is 0 Å². The Balaban J connectivity index is 1.36. The van der Waals surface area contributed by atoms with Gasteiger partial charge in [0.1, 0.15) is 5.88 Å². The number of nitrogens with one attached hydrogen (secondary N) is 1. The van der Waals surface area contributed by atoms with Crippen LogP contribution in [0, 0.1) is 0 Å². The number of nitrogen functional groups attached to an aromatic ring is 1. The summed E-state index contributed by atoms with van der Waals surface area (Å²) in [6.45, 7) is 0. The van der Waals surface area contributed by atoms with Crippen LogP contribution in [0.25, 0.3) is 11.1 Å². The van der Waals surface area contributed by atoms with Gasteiger partial charge in [-0.1, -0.05) is 59.8 Å². The van der Waals surface area contributed by atoms with E-state index < -0.39 is 9.84 Å². The molecule has 0 atom stereocenters. The van der Waals surface area contributed by atoms with Gasteiger partial charge in [0.2, 0.25) is 5.91 Å². The number of nitrogens with zero attached hydrogens (tertiary/aromatic N) is 3. The highest BCUT2D eigenvalue weighted by atomic mass is 32.2. The number of sulfone groups is 1. The van der Waals surface area contributed by atoms with Crippen molar-refractivity contribution >= 4 is 27.1 Å². The van der Waals surface area contributed by atoms with Crippen LogP contribution in [0.15, 0.2) is 90.0 Å². The number of aryl methyl sites for hydroxylation is 1. The lowest BCUT2D eigenvalue weighted by molar-refractivity contribution is -0.116. The van der Waals surface area contributed by atoms with Gasteiger partial charge >= 0.3 is 0 Å². The highest BCUT2D eigenvalue weighted by Crippen LogP contribution is 2.27. The van der Waals surface area contributed by atoms with Crippen LogP contribution in [-0.4, -0.2) is 29.3 Å². The van der Waals surface area contributed by atoms with Gasteiger partial charge in [0.05, 0.1) is 22.0 Å². The lowest BCUT2D eigenvalue weighted by Crippen LogP contribution is -2.14. The molecule has 9 heteroatoms. The molecule has 0 unspecified atom stereocenters. The number of rotatable bonds is 8. The maximum Gasteiger partial charge on any atom is 0.224 e. The quantitative estimate of drug-likeness (QED) is 0.387. The third-order valence-corrected chi connectivity index (χ3v) is 6.63. The van der Waals surface area contributed by atoms with E-state index in [2.05, 4.69) is 15.6 Å². The zero-order valence-corrected chi connectivity index (χ0v) is 18.6. The van der Waals surface area contributed by atoms with Gasteiger partial charge in [0, 0.05) is 19.0 Å². The summed E-state index contributed by atoms with van der Waals surface area (Å²) in [5.74, 6) is -0.544. The average molecular weight is 462 g/mol. The minimum atomic E-state index is -3.54. The lowest BCUT2D eigenvalue weighted by atomic mass is 10.0. The first kappa shape index (κ1) is 22.2. The zero-order valence-electron chi connectivity index (χ0n) is 17.8. The van der Waals surface area contributed by atoms with Gasteiger partial charge in [-0.3, -0.25) is 4.79 Å². The van der Waals surface area contributed by atoms with E-state index >= 15 is 0 Å². The molecule has 3 N–H and O–H groups in total. The van der Waals surface area contributed by atoms with Crippen LogP contribution in [0.5, 0.6) is 0 Å². The topological polar surface area (TPSA) is 120 Å². The van der Waals surface area contributed by atoms with Crippen LogP contribution in [0.4, 0.5) is 11.4 Å². The van der Waals surface area contributed by atoms with E-state index in [0.29, 0.717) is 23.5 Å². The molecule has 0 aliphatic heterocycles. The van der Waals surface area contributed by atoms with E-state index in [1.165, 1.54) is 23.0 Å². The standard InChI is InChI=1S/C24H23N5O3S/c25-22-13-11-19(18-7-3-1-4-8-18)15-23(22)26-24(30)14-12-20-16-29(28-27-20)17-33(31,32)21-9-5-2-6-10-21/h1-11,13,15-16H,12,14,17,25H2,(H,26,30). The predicted octanol–water partition coefficient (Wildman–Crippen LogP) is 3.53. The Morgan fingerprint density at radius 2 is 1.64 bits per heavy atom. The molecule has 4 rings (SSSR count). The fourth-order valence-corrected chi connectivity index (χ4v) is 4.52. The summed E-state index contributed by atoms with van der Waals surface area (Å²) in [7, 11) is -3.54. The molecule has 0 saturated heterocycles. The number of anilines is 2. The lowest BCUT2D eigenvalue weighted by Gasteiger charge is -2.10. The van der Waals surface area contributed by atoms with Crippen molar-refractivity contribution in [1.82, 2.24) is 15.0 Å². The summed E-state index contributed by atoms with van der Waals surface area (Å²) in [5.41, 5.74) is 9.55. The van der Waals surface area contributed by atoms with Crippen molar-refractivity contribution in [2.45, 2.75) is 23.6 Å². The second kappa shape index (κ2) is 9.66. The van der Waals surface area contributed by atoms with Gasteiger partial charge in [-0.2, -0.15) is 0 Å². The fraction of sp³-hybridized carbons (Fsp3) is 0.125. The smallest absolute Gasteiger partial charge is 0.224 e. The Kier molecular flexibility index (Phi) is 6.50. The molecule has 0 spiro atoms. The first-order valence-electron chi connectivity index (χ1n) is 10.3. The Labute approximate surface area is 192 Å². The maximum atomic E-state index is 12.5.